The number of hydrogen-bond acceptors (Lipinski definition) is 3. The van der Waals surface area contributed by atoms with Gasteiger partial charge in [-0.15, -0.1) is 0 Å². The Bertz CT molecular complexity index is 906. The van der Waals surface area contributed by atoms with E-state index in [1.54, 1.807) is 7.11 Å². The van der Waals surface area contributed by atoms with Crippen LogP contribution in [0.3, 0.4) is 0 Å². The molecule has 1 N–H and O–H groups in total. The molecule has 0 saturated carbocycles. The van der Waals surface area contributed by atoms with Crippen LogP contribution in [-0.4, -0.2) is 42.4 Å². The van der Waals surface area contributed by atoms with Crippen LogP contribution >= 0.6 is 0 Å². The zero-order valence-electron chi connectivity index (χ0n) is 15.8. The molecule has 0 bridgehead atoms. The van der Waals surface area contributed by atoms with Gasteiger partial charge in [-0.3, -0.25) is 9.69 Å². The zero-order valence-corrected chi connectivity index (χ0v) is 15.8. The number of aromatic nitrogens is 1. The van der Waals surface area contributed by atoms with E-state index >= 15 is 0 Å². The minimum absolute atomic E-state index is 0.209. The first kappa shape index (κ1) is 17.8. The Labute approximate surface area is 160 Å². The molecule has 1 aliphatic rings. The number of piperidine rings is 1. The first-order chi connectivity index (χ1) is 13.2. The molecule has 4 rings (SSSR count). The van der Waals surface area contributed by atoms with E-state index in [1.165, 1.54) is 5.56 Å². The second kappa shape index (κ2) is 7.97. The molecule has 27 heavy (non-hydrogen) atoms. The van der Waals surface area contributed by atoms with Crippen molar-refractivity contribution in [3.63, 3.8) is 0 Å². The second-order valence-electron chi connectivity index (χ2n) is 7.44. The maximum atomic E-state index is 12.7. The first-order valence-corrected chi connectivity index (χ1v) is 9.67. The van der Waals surface area contributed by atoms with E-state index in [9.17, 15) is 4.79 Å². The minimum atomic E-state index is 0.209. The maximum absolute atomic E-state index is 12.7. The molecule has 3 aromatic rings. The third-order valence-corrected chi connectivity index (χ3v) is 5.65. The number of nitrogens with zero attached hydrogens (tertiary/aromatic N) is 1. The molecule has 0 spiro atoms. The van der Waals surface area contributed by atoms with Crippen molar-refractivity contribution in [3.05, 3.63) is 65.9 Å². The normalized spacial score (nSPS) is 15.9. The molecule has 1 fully saturated rings. The van der Waals surface area contributed by atoms with Crippen LogP contribution in [0.25, 0.3) is 10.9 Å². The van der Waals surface area contributed by atoms with E-state index in [2.05, 4.69) is 22.0 Å². The highest BCUT2D eigenvalue weighted by Crippen LogP contribution is 2.24. The Morgan fingerprint density at radius 3 is 2.59 bits per heavy atom. The number of H-pyrrole nitrogens is 1. The van der Waals surface area contributed by atoms with Crippen LogP contribution in [0.1, 0.15) is 28.8 Å². The zero-order chi connectivity index (χ0) is 18.6. The van der Waals surface area contributed by atoms with Crippen molar-refractivity contribution in [2.45, 2.75) is 19.3 Å². The number of methoxy groups -OCH3 is 1. The number of ketones is 1. The van der Waals surface area contributed by atoms with Gasteiger partial charge in [0, 0.05) is 22.7 Å². The third kappa shape index (κ3) is 4.06. The topological polar surface area (TPSA) is 45.3 Å². The van der Waals surface area contributed by atoms with Gasteiger partial charge in [0.2, 0.25) is 0 Å². The average molecular weight is 362 g/mol. The lowest BCUT2D eigenvalue weighted by molar-refractivity contribution is 0.0897. The Morgan fingerprint density at radius 1 is 1.11 bits per heavy atom. The number of likely N-dealkylation sites (tertiary alicyclic amines) is 1. The van der Waals surface area contributed by atoms with Gasteiger partial charge in [0.15, 0.2) is 5.78 Å². The SMILES string of the molecule is COc1ccc(CC2CCN(CC(=O)c3c[nH]c4ccccc34)CC2)cc1. The summed E-state index contributed by atoms with van der Waals surface area (Å²) in [4.78, 5) is 18.2. The summed E-state index contributed by atoms with van der Waals surface area (Å²) in [7, 11) is 1.70. The highest BCUT2D eigenvalue weighted by molar-refractivity contribution is 6.08. The van der Waals surface area contributed by atoms with Gasteiger partial charge >= 0.3 is 0 Å². The van der Waals surface area contributed by atoms with Gasteiger partial charge in [0.25, 0.3) is 0 Å². The number of aromatic amines is 1. The monoisotopic (exact) mass is 362 g/mol. The quantitative estimate of drug-likeness (QED) is 0.665. The molecule has 2 heterocycles. The summed E-state index contributed by atoms with van der Waals surface area (Å²) in [6.45, 7) is 2.50. The maximum Gasteiger partial charge on any atom is 0.178 e. The Hall–Kier alpha value is -2.59. The molecular weight excluding hydrogens is 336 g/mol. The molecule has 2 aromatic carbocycles. The van der Waals surface area contributed by atoms with E-state index in [0.717, 1.165) is 54.6 Å². The van der Waals surface area contributed by atoms with E-state index in [4.69, 9.17) is 4.74 Å². The number of Topliss-reactive ketones (excluding diaryl/α,β-unsaturated/α-hetero) is 1. The van der Waals surface area contributed by atoms with Crippen LogP contribution in [-0.2, 0) is 6.42 Å². The molecule has 4 nitrogen and oxygen atoms in total. The van der Waals surface area contributed by atoms with Gasteiger partial charge in [-0.2, -0.15) is 0 Å². The third-order valence-electron chi connectivity index (χ3n) is 5.65. The number of hydrogen-bond donors (Lipinski definition) is 1. The van der Waals surface area contributed by atoms with Gasteiger partial charge in [-0.25, -0.2) is 0 Å². The molecule has 0 atom stereocenters. The molecule has 140 valence electrons. The summed E-state index contributed by atoms with van der Waals surface area (Å²) in [5, 5.41) is 1.02. The van der Waals surface area contributed by atoms with E-state index < -0.39 is 0 Å². The van der Waals surface area contributed by atoms with Crippen LogP contribution < -0.4 is 4.74 Å². The van der Waals surface area contributed by atoms with E-state index in [0.29, 0.717) is 12.5 Å². The van der Waals surface area contributed by atoms with Crippen LogP contribution in [0, 0.1) is 5.92 Å². The number of nitrogens with one attached hydrogen (secondary N) is 1. The summed E-state index contributed by atoms with van der Waals surface area (Å²) < 4.78 is 5.23. The van der Waals surface area contributed by atoms with Crippen LogP contribution in [0.2, 0.25) is 0 Å². The number of carbonyl (C=O) groups excluding carboxylic acids is 1. The molecule has 0 unspecified atom stereocenters. The minimum Gasteiger partial charge on any atom is -0.497 e. The molecule has 1 aromatic heterocycles. The summed E-state index contributed by atoms with van der Waals surface area (Å²) in [5.41, 5.74) is 3.20. The number of benzene rings is 2. The molecule has 4 heteroatoms. The Morgan fingerprint density at radius 2 is 1.85 bits per heavy atom. The fourth-order valence-corrected chi connectivity index (χ4v) is 4.03. The van der Waals surface area contributed by atoms with Crippen molar-refractivity contribution < 1.29 is 9.53 Å². The number of rotatable bonds is 6. The van der Waals surface area contributed by atoms with Crippen molar-refractivity contribution in [2.75, 3.05) is 26.7 Å². The summed E-state index contributed by atoms with van der Waals surface area (Å²) in [6.07, 6.45) is 5.25. The second-order valence-corrected chi connectivity index (χ2v) is 7.44. The Kier molecular flexibility index (Phi) is 5.26. The molecule has 1 saturated heterocycles. The lowest BCUT2D eigenvalue weighted by Crippen LogP contribution is -2.37. The first-order valence-electron chi connectivity index (χ1n) is 9.67. The summed E-state index contributed by atoms with van der Waals surface area (Å²) >= 11 is 0. The number of fused-ring (bicyclic) bond motifs is 1. The van der Waals surface area contributed by atoms with Crippen molar-refractivity contribution in [2.24, 2.45) is 5.92 Å². The predicted octanol–water partition coefficient (Wildman–Crippen LogP) is 4.31. The fraction of sp³-hybridized carbons (Fsp3) is 0.348. The largest absolute Gasteiger partial charge is 0.497 e. The van der Waals surface area contributed by atoms with Gasteiger partial charge in [0.1, 0.15) is 5.75 Å². The van der Waals surface area contributed by atoms with Crippen molar-refractivity contribution in [1.29, 1.82) is 0 Å². The van der Waals surface area contributed by atoms with Gasteiger partial charge < -0.3 is 9.72 Å². The van der Waals surface area contributed by atoms with Crippen molar-refractivity contribution in [1.82, 2.24) is 9.88 Å². The predicted molar refractivity (Wildman–Crippen MR) is 108 cm³/mol. The molecule has 1 aliphatic heterocycles. The standard InChI is InChI=1S/C23H26N2O2/c1-27-19-8-6-17(7-9-19)14-18-10-12-25(13-11-18)16-23(26)21-15-24-22-5-3-2-4-20(21)22/h2-9,15,18,24H,10-14,16H2,1H3. The molecule has 0 aliphatic carbocycles. The molecule has 0 amide bonds. The highest BCUT2D eigenvalue weighted by atomic mass is 16.5. The van der Waals surface area contributed by atoms with Crippen LogP contribution in [0.4, 0.5) is 0 Å². The highest BCUT2D eigenvalue weighted by Gasteiger charge is 2.22. The van der Waals surface area contributed by atoms with Gasteiger partial charge in [-0.05, 0) is 62.0 Å². The van der Waals surface area contributed by atoms with Gasteiger partial charge in [0.05, 0.1) is 13.7 Å². The fourth-order valence-electron chi connectivity index (χ4n) is 4.03. The number of carbonyl (C=O) groups is 1. The lowest BCUT2D eigenvalue weighted by atomic mass is 9.90. The van der Waals surface area contributed by atoms with Gasteiger partial charge in [-0.1, -0.05) is 30.3 Å². The average Bonchev–Trinajstić information content (AvgIpc) is 3.14. The van der Waals surface area contributed by atoms with E-state index in [1.807, 2.05) is 42.6 Å². The Balaban J connectivity index is 1.30. The van der Waals surface area contributed by atoms with Crippen LogP contribution in [0.15, 0.2) is 54.7 Å². The van der Waals surface area contributed by atoms with Crippen molar-refractivity contribution in [3.8, 4) is 5.75 Å². The summed E-state index contributed by atoms with van der Waals surface area (Å²) in [6, 6.07) is 16.4. The van der Waals surface area contributed by atoms with E-state index in [-0.39, 0.29) is 5.78 Å². The smallest absolute Gasteiger partial charge is 0.178 e. The van der Waals surface area contributed by atoms with Crippen molar-refractivity contribution >= 4 is 16.7 Å². The molecule has 0 radical (unpaired) electrons. The molecular formula is C23H26N2O2. The lowest BCUT2D eigenvalue weighted by Gasteiger charge is -2.31. The number of para-hydroxylation sites is 1. The summed E-state index contributed by atoms with van der Waals surface area (Å²) in [5.74, 6) is 1.81. The van der Waals surface area contributed by atoms with Crippen LogP contribution in [0.5, 0.6) is 5.75 Å². The number of ether oxygens (including phenoxy) is 1.